The molecule has 0 saturated carbocycles. The number of hydrazine groups is 2. The first-order chi connectivity index (χ1) is 15.8. The minimum Gasteiger partial charge on any atom is -0.302 e. The van der Waals surface area contributed by atoms with Gasteiger partial charge in [-0.1, -0.05) is 97.1 Å². The normalized spacial score (nSPS) is 14.1. The highest BCUT2D eigenvalue weighted by Crippen LogP contribution is 2.36. The summed E-state index contributed by atoms with van der Waals surface area (Å²) in [7, 11) is 0. The standard InChI is InChI=1S/C29H23N3/c1-3-9-24-19-21(13-15-22(24)7-1)14-18-28(32-29-12-6-5-11-27(29)30-31-32)26-17-16-23-8-2-4-10-25(23)20-26/h1-20,28,30-31H/b18-14+. The van der Waals surface area contributed by atoms with Crippen molar-refractivity contribution in [3.8, 4) is 0 Å². The summed E-state index contributed by atoms with van der Waals surface area (Å²) in [5, 5.41) is 7.20. The van der Waals surface area contributed by atoms with Crippen LogP contribution in [0.25, 0.3) is 27.6 Å². The summed E-state index contributed by atoms with van der Waals surface area (Å²) in [5.74, 6) is 0. The molecule has 0 amide bonds. The first kappa shape index (κ1) is 18.7. The van der Waals surface area contributed by atoms with Gasteiger partial charge in [0.15, 0.2) is 0 Å². The Morgan fingerprint density at radius 1 is 0.625 bits per heavy atom. The molecule has 5 aromatic carbocycles. The van der Waals surface area contributed by atoms with Crippen molar-refractivity contribution in [2.45, 2.75) is 6.04 Å². The van der Waals surface area contributed by atoms with E-state index in [9.17, 15) is 0 Å². The average molecular weight is 414 g/mol. The highest BCUT2D eigenvalue weighted by Gasteiger charge is 2.25. The fourth-order valence-electron chi connectivity index (χ4n) is 4.44. The number of benzene rings is 5. The third kappa shape index (κ3) is 3.39. The smallest absolute Gasteiger partial charge is 0.0907 e. The van der Waals surface area contributed by atoms with E-state index in [1.54, 1.807) is 0 Å². The van der Waals surface area contributed by atoms with E-state index in [2.05, 4.69) is 131 Å². The molecule has 6 rings (SSSR count). The Morgan fingerprint density at radius 3 is 2.09 bits per heavy atom. The van der Waals surface area contributed by atoms with Crippen LogP contribution in [0, 0.1) is 0 Å². The molecule has 1 unspecified atom stereocenters. The Morgan fingerprint density at radius 2 is 1.28 bits per heavy atom. The van der Waals surface area contributed by atoms with Crippen LogP contribution in [0.5, 0.6) is 0 Å². The zero-order valence-corrected chi connectivity index (χ0v) is 17.6. The van der Waals surface area contributed by atoms with Gasteiger partial charge in [-0.2, -0.15) is 0 Å². The molecule has 5 aromatic rings. The Balaban J connectivity index is 1.43. The van der Waals surface area contributed by atoms with Crippen molar-refractivity contribution < 1.29 is 0 Å². The molecule has 0 radical (unpaired) electrons. The first-order valence-corrected chi connectivity index (χ1v) is 10.9. The molecule has 3 nitrogen and oxygen atoms in total. The van der Waals surface area contributed by atoms with Gasteiger partial charge in [-0.3, -0.25) is 5.01 Å². The third-order valence-electron chi connectivity index (χ3n) is 6.11. The zero-order valence-electron chi connectivity index (χ0n) is 17.6. The Hall–Kier alpha value is -4.08. The molecule has 0 aliphatic carbocycles. The first-order valence-electron chi connectivity index (χ1n) is 10.9. The number of rotatable bonds is 4. The largest absolute Gasteiger partial charge is 0.302 e. The predicted molar refractivity (Wildman–Crippen MR) is 135 cm³/mol. The molecule has 0 saturated heterocycles. The van der Waals surface area contributed by atoms with Gasteiger partial charge in [-0.05, 0) is 56.9 Å². The average Bonchev–Trinajstić information content (AvgIpc) is 3.28. The van der Waals surface area contributed by atoms with Gasteiger partial charge in [-0.15, -0.1) is 5.53 Å². The van der Waals surface area contributed by atoms with Crippen molar-refractivity contribution in [2.75, 3.05) is 10.4 Å². The van der Waals surface area contributed by atoms with Gasteiger partial charge < -0.3 is 5.43 Å². The van der Waals surface area contributed by atoms with E-state index in [1.807, 2.05) is 6.07 Å². The maximum Gasteiger partial charge on any atom is 0.0907 e. The number of anilines is 2. The summed E-state index contributed by atoms with van der Waals surface area (Å²) in [6, 6.07) is 38.7. The number of fused-ring (bicyclic) bond motifs is 3. The van der Waals surface area contributed by atoms with E-state index in [1.165, 1.54) is 32.7 Å². The second-order valence-electron chi connectivity index (χ2n) is 8.14. The number of para-hydroxylation sites is 2. The third-order valence-corrected chi connectivity index (χ3v) is 6.11. The molecular formula is C29H23N3. The van der Waals surface area contributed by atoms with Crippen molar-refractivity contribution in [3.05, 3.63) is 126 Å². The molecule has 32 heavy (non-hydrogen) atoms. The van der Waals surface area contributed by atoms with Crippen molar-refractivity contribution in [1.29, 1.82) is 0 Å². The van der Waals surface area contributed by atoms with Crippen LogP contribution in [-0.4, -0.2) is 0 Å². The lowest BCUT2D eigenvalue weighted by Crippen LogP contribution is -2.38. The Labute approximate surface area is 187 Å². The molecule has 1 heterocycles. The number of hydrogen-bond acceptors (Lipinski definition) is 3. The number of nitrogens with one attached hydrogen (secondary N) is 2. The van der Waals surface area contributed by atoms with Gasteiger partial charge in [0.2, 0.25) is 0 Å². The minimum absolute atomic E-state index is 0.0160. The van der Waals surface area contributed by atoms with E-state index >= 15 is 0 Å². The van der Waals surface area contributed by atoms with E-state index in [4.69, 9.17) is 0 Å². The van der Waals surface area contributed by atoms with Gasteiger partial charge in [0.05, 0.1) is 17.4 Å². The summed E-state index contributed by atoms with van der Waals surface area (Å²) >= 11 is 0. The van der Waals surface area contributed by atoms with E-state index < -0.39 is 0 Å². The molecule has 3 heteroatoms. The fraction of sp³-hybridized carbons (Fsp3) is 0.0345. The molecule has 0 bridgehead atoms. The second kappa shape index (κ2) is 7.88. The monoisotopic (exact) mass is 413 g/mol. The lowest BCUT2D eigenvalue weighted by Gasteiger charge is -2.27. The summed E-state index contributed by atoms with van der Waals surface area (Å²) in [6.07, 6.45) is 4.49. The van der Waals surface area contributed by atoms with Crippen molar-refractivity contribution in [2.24, 2.45) is 0 Å². The maximum absolute atomic E-state index is 3.37. The minimum atomic E-state index is 0.0160. The lowest BCUT2D eigenvalue weighted by molar-refractivity contribution is 0.666. The van der Waals surface area contributed by atoms with Gasteiger partial charge in [0.25, 0.3) is 0 Å². The van der Waals surface area contributed by atoms with Crippen molar-refractivity contribution in [3.63, 3.8) is 0 Å². The number of nitrogens with zero attached hydrogens (tertiary/aromatic N) is 1. The van der Waals surface area contributed by atoms with Gasteiger partial charge >= 0.3 is 0 Å². The van der Waals surface area contributed by atoms with Crippen LogP contribution in [0.4, 0.5) is 11.4 Å². The Kier molecular flexibility index (Phi) is 4.60. The zero-order chi connectivity index (χ0) is 21.3. The van der Waals surface area contributed by atoms with Crippen molar-refractivity contribution in [1.82, 2.24) is 5.53 Å². The molecule has 0 aromatic heterocycles. The van der Waals surface area contributed by atoms with Gasteiger partial charge in [-0.25, -0.2) is 0 Å². The highest BCUT2D eigenvalue weighted by molar-refractivity contribution is 5.85. The van der Waals surface area contributed by atoms with Crippen molar-refractivity contribution >= 4 is 39.0 Å². The summed E-state index contributed by atoms with van der Waals surface area (Å²) in [6.45, 7) is 0. The summed E-state index contributed by atoms with van der Waals surface area (Å²) in [4.78, 5) is 0. The molecule has 0 fully saturated rings. The van der Waals surface area contributed by atoms with E-state index in [0.29, 0.717) is 0 Å². The Bertz CT molecular complexity index is 1450. The van der Waals surface area contributed by atoms with E-state index in [0.717, 1.165) is 11.4 Å². The van der Waals surface area contributed by atoms with E-state index in [-0.39, 0.29) is 6.04 Å². The number of hydrogen-bond donors (Lipinski definition) is 2. The van der Waals surface area contributed by atoms with Crippen LogP contribution in [0.2, 0.25) is 0 Å². The van der Waals surface area contributed by atoms with Crippen LogP contribution >= 0.6 is 0 Å². The molecule has 1 atom stereocenters. The van der Waals surface area contributed by atoms with Crippen LogP contribution in [0.15, 0.2) is 115 Å². The van der Waals surface area contributed by atoms with Crippen LogP contribution in [0.1, 0.15) is 17.2 Å². The second-order valence-corrected chi connectivity index (χ2v) is 8.14. The van der Waals surface area contributed by atoms with Crippen LogP contribution in [0.3, 0.4) is 0 Å². The predicted octanol–water partition coefficient (Wildman–Crippen LogP) is 7.10. The SMILES string of the molecule is C(=C\C(c1ccc2ccccc2c1)N1NNc2ccccc21)/c1ccc2ccccc2c1. The summed E-state index contributed by atoms with van der Waals surface area (Å²) < 4.78 is 0. The highest BCUT2D eigenvalue weighted by atomic mass is 15.7. The van der Waals surface area contributed by atoms with Crippen LogP contribution < -0.4 is 16.0 Å². The lowest BCUT2D eigenvalue weighted by atomic mass is 9.99. The van der Waals surface area contributed by atoms with Gasteiger partial charge in [0.1, 0.15) is 0 Å². The van der Waals surface area contributed by atoms with Gasteiger partial charge in [0, 0.05) is 0 Å². The molecular weight excluding hydrogens is 390 g/mol. The molecule has 154 valence electrons. The topological polar surface area (TPSA) is 27.3 Å². The fourth-order valence-corrected chi connectivity index (χ4v) is 4.44. The quantitative estimate of drug-likeness (QED) is 0.329. The molecule has 1 aliphatic heterocycles. The summed E-state index contributed by atoms with van der Waals surface area (Å²) in [5.41, 5.74) is 11.3. The maximum atomic E-state index is 3.37. The molecule has 0 spiro atoms. The van der Waals surface area contributed by atoms with Crippen LogP contribution in [-0.2, 0) is 0 Å². The molecule has 1 aliphatic rings. The molecule has 2 N–H and O–H groups in total.